The normalized spacial score (nSPS) is 19.4. The van der Waals surface area contributed by atoms with Gasteiger partial charge in [0.1, 0.15) is 6.61 Å². The molecule has 3 unspecified atom stereocenters. The van der Waals surface area contributed by atoms with E-state index in [1.165, 1.54) is 0 Å². The molecule has 156 valence electrons. The van der Waals surface area contributed by atoms with Gasteiger partial charge in [0.15, 0.2) is 0 Å². The summed E-state index contributed by atoms with van der Waals surface area (Å²) in [5, 5.41) is 0. The van der Waals surface area contributed by atoms with Gasteiger partial charge in [0.25, 0.3) is 0 Å². The van der Waals surface area contributed by atoms with Crippen LogP contribution in [0.3, 0.4) is 0 Å². The Bertz CT molecular complexity index is 489. The lowest BCUT2D eigenvalue weighted by Crippen LogP contribution is -2.27. The van der Waals surface area contributed by atoms with Gasteiger partial charge < -0.3 is 18.9 Å². The second kappa shape index (κ2) is 13.9. The van der Waals surface area contributed by atoms with Crippen molar-refractivity contribution in [3.05, 3.63) is 11.6 Å². The third-order valence-electron chi connectivity index (χ3n) is 4.51. The van der Waals surface area contributed by atoms with Gasteiger partial charge in [0.05, 0.1) is 24.7 Å². The Morgan fingerprint density at radius 1 is 1.15 bits per heavy atom. The monoisotopic (exact) mass is 383 g/mol. The van der Waals surface area contributed by atoms with Gasteiger partial charge >= 0.3 is 5.97 Å². The average Bonchev–Trinajstić information content (AvgIpc) is 2.67. The maximum Gasteiger partial charge on any atom is 0.312 e. The van der Waals surface area contributed by atoms with E-state index < -0.39 is 0 Å². The minimum absolute atomic E-state index is 0.0427. The highest BCUT2D eigenvalue weighted by molar-refractivity contribution is 5.97. The fourth-order valence-electron chi connectivity index (χ4n) is 2.89. The second-order valence-corrected chi connectivity index (χ2v) is 7.05. The van der Waals surface area contributed by atoms with E-state index in [1.807, 2.05) is 27.7 Å². The lowest BCUT2D eigenvalue weighted by atomic mass is 9.89. The van der Waals surface area contributed by atoms with Gasteiger partial charge in [-0.15, -0.1) is 0 Å². The molecule has 0 aromatic carbocycles. The molecule has 0 aromatic heterocycles. The molecule has 0 saturated heterocycles. The number of carbonyl (C=O) groups is 1. The third-order valence-corrected chi connectivity index (χ3v) is 4.51. The molecule has 0 bridgehead atoms. The molecule has 6 nitrogen and oxygen atoms in total. The van der Waals surface area contributed by atoms with Crippen LogP contribution in [-0.2, 0) is 23.7 Å². The summed E-state index contributed by atoms with van der Waals surface area (Å²) < 4.78 is 21.6. The predicted octanol–water partition coefficient (Wildman–Crippen LogP) is 3.58. The molecule has 0 fully saturated rings. The van der Waals surface area contributed by atoms with Crippen LogP contribution in [0.1, 0.15) is 53.4 Å². The first kappa shape index (κ1) is 23.8. The van der Waals surface area contributed by atoms with Gasteiger partial charge in [-0.25, -0.2) is 0 Å². The molecule has 0 amide bonds. The summed E-state index contributed by atoms with van der Waals surface area (Å²) in [7, 11) is 1.70. The number of allylic oxidation sites excluding steroid dienone is 1. The van der Waals surface area contributed by atoms with Crippen molar-refractivity contribution in [2.45, 2.75) is 65.6 Å². The lowest BCUT2D eigenvalue weighted by Gasteiger charge is -2.21. The molecule has 1 aliphatic carbocycles. The van der Waals surface area contributed by atoms with E-state index in [4.69, 9.17) is 18.9 Å². The van der Waals surface area contributed by atoms with Crippen molar-refractivity contribution in [2.75, 3.05) is 40.1 Å². The van der Waals surface area contributed by atoms with Gasteiger partial charge in [0, 0.05) is 32.6 Å². The van der Waals surface area contributed by atoms with E-state index >= 15 is 0 Å². The van der Waals surface area contributed by atoms with Crippen molar-refractivity contribution in [3.63, 3.8) is 0 Å². The molecule has 1 rings (SSSR count). The van der Waals surface area contributed by atoms with Crippen molar-refractivity contribution in [1.82, 2.24) is 0 Å². The summed E-state index contributed by atoms with van der Waals surface area (Å²) in [6, 6.07) is 0. The maximum atomic E-state index is 12.4. The first-order valence-electron chi connectivity index (χ1n) is 10.1. The largest absolute Gasteiger partial charge is 0.462 e. The molecule has 0 N–H and O–H groups in total. The lowest BCUT2D eigenvalue weighted by molar-refractivity contribution is -0.151. The Morgan fingerprint density at radius 3 is 2.59 bits per heavy atom. The Balaban J connectivity index is 2.42. The zero-order chi connectivity index (χ0) is 20.1. The van der Waals surface area contributed by atoms with E-state index in [0.717, 1.165) is 50.1 Å². The van der Waals surface area contributed by atoms with E-state index in [9.17, 15) is 4.79 Å². The van der Waals surface area contributed by atoms with E-state index in [0.29, 0.717) is 13.2 Å². The maximum absolute atomic E-state index is 12.4. The van der Waals surface area contributed by atoms with Crippen LogP contribution in [0.15, 0.2) is 16.6 Å². The molecule has 0 spiro atoms. The fourth-order valence-corrected chi connectivity index (χ4v) is 2.89. The number of methoxy groups -OCH3 is 1. The highest BCUT2D eigenvalue weighted by atomic mass is 16.6. The quantitative estimate of drug-likeness (QED) is 0.359. The summed E-state index contributed by atoms with van der Waals surface area (Å²) in [6.45, 7) is 10.6. The Hall–Kier alpha value is -1.24. The fraction of sp³-hybridized carbons (Fsp3) is 0.810. The number of hydrogen-bond donors (Lipinski definition) is 0. The van der Waals surface area contributed by atoms with Crippen LogP contribution in [0.25, 0.3) is 0 Å². The topological polar surface area (TPSA) is 66.4 Å². The summed E-state index contributed by atoms with van der Waals surface area (Å²) in [5.74, 6) is -0.445. The number of carbonyl (C=O) groups excluding carboxylic acids is 1. The molecule has 27 heavy (non-hydrogen) atoms. The average molecular weight is 384 g/mol. The Morgan fingerprint density at radius 2 is 1.89 bits per heavy atom. The number of ether oxygens (including phenoxy) is 4. The van der Waals surface area contributed by atoms with Gasteiger partial charge in [-0.05, 0) is 59.5 Å². The van der Waals surface area contributed by atoms with Crippen molar-refractivity contribution in [1.29, 1.82) is 0 Å². The Labute approximate surface area is 164 Å². The van der Waals surface area contributed by atoms with Crippen LogP contribution in [-0.4, -0.2) is 64.0 Å². The highest BCUT2D eigenvalue weighted by Crippen LogP contribution is 2.24. The van der Waals surface area contributed by atoms with Crippen molar-refractivity contribution in [2.24, 2.45) is 10.9 Å². The van der Waals surface area contributed by atoms with Crippen molar-refractivity contribution < 1.29 is 23.7 Å². The number of rotatable bonds is 13. The van der Waals surface area contributed by atoms with Crippen LogP contribution in [0.4, 0.5) is 0 Å². The molecule has 1 aliphatic rings. The minimum Gasteiger partial charge on any atom is -0.462 e. The SMILES string of the molecule is CCOC(C)COC(C)COC(=O)C(C)C1=CC(=NCCCOC)CCC1. The molecule has 0 aromatic rings. The van der Waals surface area contributed by atoms with Crippen molar-refractivity contribution >= 4 is 11.7 Å². The number of hydrogen-bond acceptors (Lipinski definition) is 6. The van der Waals surface area contributed by atoms with E-state index in [-0.39, 0.29) is 30.7 Å². The molecule has 0 radical (unpaired) electrons. The summed E-state index contributed by atoms with van der Waals surface area (Å²) in [5.41, 5.74) is 2.18. The first-order valence-corrected chi connectivity index (χ1v) is 10.1. The Kier molecular flexibility index (Phi) is 12.2. The number of nitrogens with zero attached hydrogens (tertiary/aromatic N) is 1. The molecule has 0 saturated carbocycles. The molecule has 0 heterocycles. The zero-order valence-electron chi connectivity index (χ0n) is 17.7. The number of esters is 1. The van der Waals surface area contributed by atoms with Crippen molar-refractivity contribution in [3.8, 4) is 0 Å². The highest BCUT2D eigenvalue weighted by Gasteiger charge is 2.22. The van der Waals surface area contributed by atoms with Gasteiger partial charge in [-0.2, -0.15) is 0 Å². The van der Waals surface area contributed by atoms with Crippen LogP contribution in [0.5, 0.6) is 0 Å². The molecule has 6 heteroatoms. The van der Waals surface area contributed by atoms with E-state index in [2.05, 4.69) is 11.1 Å². The molecule has 3 atom stereocenters. The van der Waals surface area contributed by atoms with Gasteiger partial charge in [0.2, 0.25) is 0 Å². The number of aliphatic imine (C=N–C) groups is 1. The first-order chi connectivity index (χ1) is 13.0. The summed E-state index contributed by atoms with van der Waals surface area (Å²) in [6.07, 6.45) is 5.81. The molecular formula is C21H37NO5. The zero-order valence-corrected chi connectivity index (χ0v) is 17.7. The van der Waals surface area contributed by atoms with Crippen LogP contribution >= 0.6 is 0 Å². The summed E-state index contributed by atoms with van der Waals surface area (Å²) in [4.78, 5) is 17.0. The van der Waals surface area contributed by atoms with Gasteiger partial charge in [-0.1, -0.05) is 5.57 Å². The smallest absolute Gasteiger partial charge is 0.312 e. The predicted molar refractivity (Wildman–Crippen MR) is 107 cm³/mol. The van der Waals surface area contributed by atoms with Crippen LogP contribution < -0.4 is 0 Å². The standard InChI is InChI=1S/C21H37NO5/c1-6-25-16(2)14-26-17(3)15-27-21(23)18(4)19-9-7-10-20(13-19)22-11-8-12-24-5/h13,16-18H,6-12,14-15H2,1-5H3. The third kappa shape index (κ3) is 10.0. The van der Waals surface area contributed by atoms with Crippen LogP contribution in [0, 0.1) is 5.92 Å². The van der Waals surface area contributed by atoms with Crippen LogP contribution in [0.2, 0.25) is 0 Å². The van der Waals surface area contributed by atoms with E-state index in [1.54, 1.807) is 7.11 Å². The minimum atomic E-state index is -0.246. The summed E-state index contributed by atoms with van der Waals surface area (Å²) >= 11 is 0. The second-order valence-electron chi connectivity index (χ2n) is 7.05. The van der Waals surface area contributed by atoms with Gasteiger partial charge in [-0.3, -0.25) is 9.79 Å². The molecule has 0 aliphatic heterocycles. The molecular weight excluding hydrogens is 346 g/mol.